The highest BCUT2D eigenvalue weighted by Gasteiger charge is 2.20. The van der Waals surface area contributed by atoms with Gasteiger partial charge in [0, 0.05) is 24.6 Å². The van der Waals surface area contributed by atoms with Crippen LogP contribution in [0.1, 0.15) is 58.7 Å². The standard InChI is InChI=1S/C15H24BrN3/c1-15(2,3)14-17-12(16)11-13(18-14)19-9-7-5-4-6-8-10-19/h11H,4-10H2,1-3H3. The molecule has 0 amide bonds. The quantitative estimate of drug-likeness (QED) is 0.720. The van der Waals surface area contributed by atoms with Crippen molar-refractivity contribution in [3.8, 4) is 0 Å². The van der Waals surface area contributed by atoms with Crippen LogP contribution in [0.25, 0.3) is 0 Å². The van der Waals surface area contributed by atoms with Crippen molar-refractivity contribution < 1.29 is 0 Å². The fraction of sp³-hybridized carbons (Fsp3) is 0.733. The van der Waals surface area contributed by atoms with Crippen LogP contribution in [0, 0.1) is 0 Å². The van der Waals surface area contributed by atoms with Crippen LogP contribution in [-0.2, 0) is 5.41 Å². The third-order valence-electron chi connectivity index (χ3n) is 3.53. The lowest BCUT2D eigenvalue weighted by Crippen LogP contribution is -2.29. The van der Waals surface area contributed by atoms with E-state index in [1.807, 2.05) is 0 Å². The van der Waals surface area contributed by atoms with Crippen LogP contribution in [0.4, 0.5) is 5.82 Å². The lowest BCUT2D eigenvalue weighted by Gasteiger charge is -2.27. The van der Waals surface area contributed by atoms with E-state index < -0.39 is 0 Å². The Morgan fingerprint density at radius 1 is 1.00 bits per heavy atom. The van der Waals surface area contributed by atoms with Crippen LogP contribution < -0.4 is 4.90 Å². The minimum absolute atomic E-state index is 0.0126. The lowest BCUT2D eigenvalue weighted by molar-refractivity contribution is 0.531. The second-order valence-electron chi connectivity index (χ2n) is 6.38. The third-order valence-corrected chi connectivity index (χ3v) is 3.94. The van der Waals surface area contributed by atoms with Gasteiger partial charge in [0.05, 0.1) is 0 Å². The summed E-state index contributed by atoms with van der Waals surface area (Å²) in [4.78, 5) is 11.7. The number of anilines is 1. The molecule has 0 spiro atoms. The number of hydrogen-bond donors (Lipinski definition) is 0. The van der Waals surface area contributed by atoms with Gasteiger partial charge in [0.2, 0.25) is 0 Å². The summed E-state index contributed by atoms with van der Waals surface area (Å²) in [5.74, 6) is 1.99. The van der Waals surface area contributed by atoms with E-state index in [-0.39, 0.29) is 5.41 Å². The molecule has 0 bridgehead atoms. The SMILES string of the molecule is CC(C)(C)c1nc(Br)cc(N2CCCCCCC2)n1. The van der Waals surface area contributed by atoms with Crippen LogP contribution in [0.15, 0.2) is 10.7 Å². The Labute approximate surface area is 125 Å². The molecule has 0 aromatic carbocycles. The average molecular weight is 326 g/mol. The zero-order valence-electron chi connectivity index (χ0n) is 12.2. The molecule has 0 atom stereocenters. The van der Waals surface area contributed by atoms with Gasteiger partial charge in [-0.15, -0.1) is 0 Å². The van der Waals surface area contributed by atoms with Gasteiger partial charge < -0.3 is 4.90 Å². The summed E-state index contributed by atoms with van der Waals surface area (Å²) in [6.07, 6.45) is 6.61. The van der Waals surface area contributed by atoms with Gasteiger partial charge in [-0.25, -0.2) is 9.97 Å². The summed E-state index contributed by atoms with van der Waals surface area (Å²) in [6, 6.07) is 2.05. The third kappa shape index (κ3) is 4.16. The van der Waals surface area contributed by atoms with E-state index in [1.165, 1.54) is 32.1 Å². The molecule has 0 unspecified atom stereocenters. The van der Waals surface area contributed by atoms with E-state index in [1.54, 1.807) is 0 Å². The molecule has 2 rings (SSSR count). The van der Waals surface area contributed by atoms with Crippen molar-refractivity contribution >= 4 is 21.7 Å². The molecule has 0 radical (unpaired) electrons. The molecule has 1 saturated heterocycles. The Hall–Kier alpha value is -0.640. The normalized spacial score (nSPS) is 18.0. The maximum Gasteiger partial charge on any atom is 0.137 e. The molecular weight excluding hydrogens is 302 g/mol. The van der Waals surface area contributed by atoms with Crippen LogP contribution in [0.5, 0.6) is 0 Å². The van der Waals surface area contributed by atoms with Crippen molar-refractivity contribution in [1.29, 1.82) is 0 Å². The summed E-state index contributed by atoms with van der Waals surface area (Å²) in [5.41, 5.74) is -0.0126. The number of halogens is 1. The zero-order valence-corrected chi connectivity index (χ0v) is 13.8. The Morgan fingerprint density at radius 3 is 2.16 bits per heavy atom. The molecule has 1 aliphatic heterocycles. The van der Waals surface area contributed by atoms with Crippen LogP contribution >= 0.6 is 15.9 Å². The maximum absolute atomic E-state index is 4.79. The van der Waals surface area contributed by atoms with Crippen molar-refractivity contribution in [2.24, 2.45) is 0 Å². The first-order chi connectivity index (χ1) is 8.97. The molecule has 1 aromatic rings. The summed E-state index contributed by atoms with van der Waals surface area (Å²) < 4.78 is 0.893. The second kappa shape index (κ2) is 6.21. The number of rotatable bonds is 1. The highest BCUT2D eigenvalue weighted by Crippen LogP contribution is 2.25. The highest BCUT2D eigenvalue weighted by molar-refractivity contribution is 9.10. The van der Waals surface area contributed by atoms with Gasteiger partial charge in [0.15, 0.2) is 0 Å². The molecule has 1 aromatic heterocycles. The van der Waals surface area contributed by atoms with Gasteiger partial charge in [-0.05, 0) is 28.8 Å². The minimum atomic E-state index is -0.0126. The van der Waals surface area contributed by atoms with E-state index in [9.17, 15) is 0 Å². The minimum Gasteiger partial charge on any atom is -0.356 e. The number of nitrogens with zero attached hydrogens (tertiary/aromatic N) is 3. The molecule has 19 heavy (non-hydrogen) atoms. The van der Waals surface area contributed by atoms with E-state index in [4.69, 9.17) is 4.98 Å². The summed E-state index contributed by atoms with van der Waals surface area (Å²) in [7, 11) is 0. The van der Waals surface area contributed by atoms with Crippen molar-refractivity contribution in [1.82, 2.24) is 9.97 Å². The van der Waals surface area contributed by atoms with Gasteiger partial charge in [0.1, 0.15) is 16.2 Å². The van der Waals surface area contributed by atoms with E-state index in [2.05, 4.69) is 52.7 Å². The van der Waals surface area contributed by atoms with Crippen molar-refractivity contribution in [2.75, 3.05) is 18.0 Å². The molecule has 1 aliphatic rings. The average Bonchev–Trinajstić information content (AvgIpc) is 2.26. The molecule has 4 heteroatoms. The zero-order chi connectivity index (χ0) is 13.9. The Bertz CT molecular complexity index is 418. The van der Waals surface area contributed by atoms with Gasteiger partial charge in [-0.2, -0.15) is 0 Å². The Balaban J connectivity index is 2.24. The van der Waals surface area contributed by atoms with Crippen LogP contribution in [-0.4, -0.2) is 23.1 Å². The Kier molecular flexibility index (Phi) is 4.82. The van der Waals surface area contributed by atoms with E-state index >= 15 is 0 Å². The monoisotopic (exact) mass is 325 g/mol. The van der Waals surface area contributed by atoms with Gasteiger partial charge in [-0.3, -0.25) is 0 Å². The molecule has 0 aliphatic carbocycles. The van der Waals surface area contributed by atoms with Gasteiger partial charge >= 0.3 is 0 Å². The predicted octanol–water partition coefficient (Wildman–Crippen LogP) is 4.31. The first-order valence-corrected chi connectivity index (χ1v) is 8.06. The predicted molar refractivity (Wildman–Crippen MR) is 83.7 cm³/mol. The summed E-state index contributed by atoms with van der Waals surface area (Å²) >= 11 is 3.53. The fourth-order valence-electron chi connectivity index (χ4n) is 2.38. The van der Waals surface area contributed by atoms with Gasteiger partial charge in [-0.1, -0.05) is 40.0 Å². The van der Waals surface area contributed by atoms with Crippen molar-refractivity contribution in [3.63, 3.8) is 0 Å². The molecule has 3 nitrogen and oxygen atoms in total. The Morgan fingerprint density at radius 2 is 1.58 bits per heavy atom. The first-order valence-electron chi connectivity index (χ1n) is 7.27. The largest absolute Gasteiger partial charge is 0.356 e. The number of aromatic nitrogens is 2. The second-order valence-corrected chi connectivity index (χ2v) is 7.19. The lowest BCUT2D eigenvalue weighted by atomic mass is 9.96. The molecule has 106 valence electrons. The molecule has 2 heterocycles. The molecule has 0 saturated carbocycles. The van der Waals surface area contributed by atoms with E-state index in [0.717, 1.165) is 29.3 Å². The fourth-order valence-corrected chi connectivity index (χ4v) is 2.75. The summed E-state index contributed by atoms with van der Waals surface area (Å²) in [5, 5.41) is 0. The topological polar surface area (TPSA) is 29.0 Å². The van der Waals surface area contributed by atoms with Gasteiger partial charge in [0.25, 0.3) is 0 Å². The molecule has 0 N–H and O–H groups in total. The molecule has 1 fully saturated rings. The summed E-state index contributed by atoms with van der Waals surface area (Å²) in [6.45, 7) is 8.71. The molecular formula is C15H24BrN3. The van der Waals surface area contributed by atoms with Crippen LogP contribution in [0.3, 0.4) is 0 Å². The van der Waals surface area contributed by atoms with Crippen molar-refractivity contribution in [3.05, 3.63) is 16.5 Å². The highest BCUT2D eigenvalue weighted by atomic mass is 79.9. The van der Waals surface area contributed by atoms with E-state index in [0.29, 0.717) is 0 Å². The van der Waals surface area contributed by atoms with Crippen LogP contribution in [0.2, 0.25) is 0 Å². The maximum atomic E-state index is 4.79. The number of hydrogen-bond acceptors (Lipinski definition) is 3. The van der Waals surface area contributed by atoms with Crippen molar-refractivity contribution in [2.45, 2.75) is 58.3 Å². The first kappa shape index (κ1) is 14.8. The smallest absolute Gasteiger partial charge is 0.137 e.